The summed E-state index contributed by atoms with van der Waals surface area (Å²) >= 11 is 7.76. The molecule has 0 radical (unpaired) electrons. The zero-order valence-corrected chi connectivity index (χ0v) is 7.88. The second-order valence-electron chi connectivity index (χ2n) is 2.84. The third kappa shape index (κ3) is 1.40. The molecule has 0 saturated carbocycles. The smallest absolute Gasteiger partial charge is 0.0876 e. The average Bonchev–Trinajstić information content (AvgIpc) is 2.27. The minimum Gasteiger partial charge on any atom is -0.110 e. The maximum absolute atomic E-state index is 5.99. The summed E-state index contributed by atoms with van der Waals surface area (Å²) in [6.45, 7) is 2.12. The maximum atomic E-state index is 5.99. The highest BCUT2D eigenvalue weighted by Crippen LogP contribution is 2.38. The number of rotatable bonds is 0. The van der Waals surface area contributed by atoms with Crippen molar-refractivity contribution in [2.24, 2.45) is 0 Å². The van der Waals surface area contributed by atoms with Gasteiger partial charge in [-0.05, 0) is 25.0 Å². The van der Waals surface area contributed by atoms with E-state index in [0.717, 1.165) is 6.42 Å². The first kappa shape index (κ1) is 7.51. The molecule has 58 valence electrons. The first-order valence-electron chi connectivity index (χ1n) is 3.66. The highest BCUT2D eigenvalue weighted by molar-refractivity contribution is 8.01. The fraction of sp³-hybridized carbons (Fsp3) is 0.333. The minimum absolute atomic E-state index is 0.256. The Bertz CT molecular complexity index is 283. The Morgan fingerprint density at radius 3 is 3.18 bits per heavy atom. The fourth-order valence-corrected chi connectivity index (χ4v) is 2.77. The summed E-state index contributed by atoms with van der Waals surface area (Å²) in [7, 11) is 0. The van der Waals surface area contributed by atoms with E-state index in [4.69, 9.17) is 11.6 Å². The molecule has 0 spiro atoms. The van der Waals surface area contributed by atoms with Gasteiger partial charge in [0.1, 0.15) is 0 Å². The van der Waals surface area contributed by atoms with Crippen LogP contribution in [0.1, 0.15) is 11.1 Å². The van der Waals surface area contributed by atoms with E-state index in [9.17, 15) is 0 Å². The van der Waals surface area contributed by atoms with Crippen LogP contribution in [0.2, 0.25) is 0 Å². The lowest BCUT2D eigenvalue weighted by molar-refractivity contribution is 1.09. The minimum atomic E-state index is 0.256. The van der Waals surface area contributed by atoms with Gasteiger partial charge in [0.25, 0.3) is 0 Å². The van der Waals surface area contributed by atoms with Crippen LogP contribution in [0, 0.1) is 6.92 Å². The molecular weight excluding hydrogens is 176 g/mol. The van der Waals surface area contributed by atoms with Crippen LogP contribution in [0.4, 0.5) is 0 Å². The molecule has 11 heavy (non-hydrogen) atoms. The van der Waals surface area contributed by atoms with Crippen LogP contribution in [-0.4, -0.2) is 4.71 Å². The molecule has 0 fully saturated rings. The van der Waals surface area contributed by atoms with Crippen molar-refractivity contribution in [1.29, 1.82) is 0 Å². The Labute approximate surface area is 75.9 Å². The number of aryl methyl sites for hydroxylation is 1. The molecule has 1 aliphatic heterocycles. The molecule has 1 unspecified atom stereocenters. The summed E-state index contributed by atoms with van der Waals surface area (Å²) in [6.07, 6.45) is 1.02. The van der Waals surface area contributed by atoms with Gasteiger partial charge in [0.15, 0.2) is 0 Å². The molecule has 1 aromatic rings. The zero-order chi connectivity index (χ0) is 7.84. The van der Waals surface area contributed by atoms with Crippen LogP contribution in [0.5, 0.6) is 0 Å². The van der Waals surface area contributed by atoms with Crippen molar-refractivity contribution in [2.75, 3.05) is 0 Å². The summed E-state index contributed by atoms with van der Waals surface area (Å²) in [5.74, 6) is 0. The van der Waals surface area contributed by atoms with Crippen molar-refractivity contribution >= 4 is 23.4 Å². The zero-order valence-electron chi connectivity index (χ0n) is 6.30. The Hall–Kier alpha value is -0.140. The van der Waals surface area contributed by atoms with Crippen molar-refractivity contribution in [3.63, 3.8) is 0 Å². The van der Waals surface area contributed by atoms with Crippen LogP contribution >= 0.6 is 23.4 Å². The summed E-state index contributed by atoms with van der Waals surface area (Å²) < 4.78 is 0.256. The predicted molar refractivity (Wildman–Crippen MR) is 50.4 cm³/mol. The first-order valence-corrected chi connectivity index (χ1v) is 4.97. The van der Waals surface area contributed by atoms with Crippen LogP contribution in [0.3, 0.4) is 0 Å². The van der Waals surface area contributed by atoms with Crippen LogP contribution in [0.25, 0.3) is 0 Å². The van der Waals surface area contributed by atoms with E-state index < -0.39 is 0 Å². The van der Waals surface area contributed by atoms with Crippen LogP contribution in [0.15, 0.2) is 23.1 Å². The van der Waals surface area contributed by atoms with Gasteiger partial charge in [0, 0.05) is 4.90 Å². The molecule has 0 bridgehead atoms. The van der Waals surface area contributed by atoms with E-state index in [1.54, 1.807) is 11.8 Å². The molecule has 1 aromatic carbocycles. The van der Waals surface area contributed by atoms with Crippen LogP contribution < -0.4 is 0 Å². The molecule has 1 aliphatic rings. The van der Waals surface area contributed by atoms with Gasteiger partial charge in [0.2, 0.25) is 0 Å². The second kappa shape index (κ2) is 2.72. The number of hydrogen-bond acceptors (Lipinski definition) is 1. The first-order chi connectivity index (χ1) is 5.25. The largest absolute Gasteiger partial charge is 0.110 e. The number of alkyl halides is 1. The third-order valence-corrected chi connectivity index (χ3v) is 3.35. The number of halogens is 1. The SMILES string of the molecule is Cc1ccc2c(c1)CC(Cl)S2. The molecule has 2 heteroatoms. The maximum Gasteiger partial charge on any atom is 0.0876 e. The Morgan fingerprint density at radius 2 is 2.36 bits per heavy atom. The molecule has 0 N–H and O–H groups in total. The normalized spacial score (nSPS) is 21.8. The van der Waals surface area contributed by atoms with Crippen molar-refractivity contribution in [1.82, 2.24) is 0 Å². The van der Waals surface area contributed by atoms with Crippen molar-refractivity contribution < 1.29 is 0 Å². The van der Waals surface area contributed by atoms with Gasteiger partial charge in [-0.15, -0.1) is 23.4 Å². The fourth-order valence-electron chi connectivity index (χ4n) is 1.34. The van der Waals surface area contributed by atoms with Gasteiger partial charge in [-0.25, -0.2) is 0 Å². The molecule has 0 saturated heterocycles. The van der Waals surface area contributed by atoms with Crippen molar-refractivity contribution in [3.05, 3.63) is 29.3 Å². The third-order valence-electron chi connectivity index (χ3n) is 1.85. The van der Waals surface area contributed by atoms with Gasteiger partial charge in [-0.1, -0.05) is 17.7 Å². The Morgan fingerprint density at radius 1 is 1.55 bits per heavy atom. The number of fused-ring (bicyclic) bond motifs is 1. The lowest BCUT2D eigenvalue weighted by atomic mass is 10.1. The summed E-state index contributed by atoms with van der Waals surface area (Å²) in [4.78, 5) is 1.36. The van der Waals surface area contributed by atoms with Gasteiger partial charge in [-0.2, -0.15) is 0 Å². The van der Waals surface area contributed by atoms with Gasteiger partial charge in [-0.3, -0.25) is 0 Å². The lowest BCUT2D eigenvalue weighted by Gasteiger charge is -1.96. The summed E-state index contributed by atoms with van der Waals surface area (Å²) in [6, 6.07) is 6.53. The van der Waals surface area contributed by atoms with Crippen molar-refractivity contribution in [3.8, 4) is 0 Å². The molecular formula is C9H9ClS. The van der Waals surface area contributed by atoms with Gasteiger partial charge in [0.05, 0.1) is 4.71 Å². The number of hydrogen-bond donors (Lipinski definition) is 0. The van der Waals surface area contributed by atoms with Gasteiger partial charge >= 0.3 is 0 Å². The van der Waals surface area contributed by atoms with Crippen LogP contribution in [-0.2, 0) is 6.42 Å². The van der Waals surface area contributed by atoms with E-state index in [-0.39, 0.29) is 4.71 Å². The lowest BCUT2D eigenvalue weighted by Crippen LogP contribution is -1.87. The highest BCUT2D eigenvalue weighted by atomic mass is 35.5. The quantitative estimate of drug-likeness (QED) is 0.558. The second-order valence-corrected chi connectivity index (χ2v) is 4.87. The van der Waals surface area contributed by atoms with E-state index in [0.29, 0.717) is 0 Å². The standard InChI is InChI=1S/C9H9ClS/c1-6-2-3-8-7(4-6)5-9(10)11-8/h2-4,9H,5H2,1H3. The van der Waals surface area contributed by atoms with E-state index in [2.05, 4.69) is 25.1 Å². The molecule has 2 rings (SSSR count). The van der Waals surface area contributed by atoms with Crippen molar-refractivity contribution in [2.45, 2.75) is 22.9 Å². The van der Waals surface area contributed by atoms with E-state index in [1.807, 2.05) is 0 Å². The van der Waals surface area contributed by atoms with Gasteiger partial charge < -0.3 is 0 Å². The molecule has 0 amide bonds. The predicted octanol–water partition coefficient (Wildman–Crippen LogP) is 3.21. The molecule has 0 nitrogen and oxygen atoms in total. The van der Waals surface area contributed by atoms with E-state index in [1.165, 1.54) is 16.0 Å². The summed E-state index contributed by atoms with van der Waals surface area (Å²) in [5.41, 5.74) is 2.74. The monoisotopic (exact) mass is 184 g/mol. The number of benzene rings is 1. The summed E-state index contributed by atoms with van der Waals surface area (Å²) in [5, 5.41) is 0. The molecule has 0 aliphatic carbocycles. The Balaban J connectivity index is 2.43. The highest BCUT2D eigenvalue weighted by Gasteiger charge is 2.19. The average molecular weight is 185 g/mol. The molecule has 1 heterocycles. The topological polar surface area (TPSA) is 0 Å². The number of thioether (sulfide) groups is 1. The van der Waals surface area contributed by atoms with E-state index >= 15 is 0 Å². The molecule has 0 aromatic heterocycles. The Kier molecular flexibility index (Phi) is 1.86. The molecule has 1 atom stereocenters.